The highest BCUT2D eigenvalue weighted by Crippen LogP contribution is 2.32. The average Bonchev–Trinajstić information content (AvgIpc) is 3.15. The van der Waals surface area contributed by atoms with Crippen molar-refractivity contribution in [2.75, 3.05) is 13.1 Å². The first kappa shape index (κ1) is 12.3. The monoisotopic (exact) mass is 236 g/mol. The van der Waals surface area contributed by atoms with Gasteiger partial charge in [-0.05, 0) is 18.9 Å². The highest BCUT2D eigenvalue weighted by atomic mass is 16.6. The summed E-state index contributed by atoms with van der Waals surface area (Å²) in [5.74, 6) is -0.104. The van der Waals surface area contributed by atoms with E-state index in [0.717, 1.165) is 13.0 Å². The van der Waals surface area contributed by atoms with Crippen LogP contribution >= 0.6 is 0 Å². The molecule has 4 nitrogen and oxygen atoms in total. The first-order valence-corrected chi connectivity index (χ1v) is 6.20. The molecular weight excluding hydrogens is 216 g/mol. The number of nitrogens with zero attached hydrogens (tertiary/aromatic N) is 1. The summed E-state index contributed by atoms with van der Waals surface area (Å²) in [6, 6.07) is 0.377. The molecule has 0 aromatic carbocycles. The molecule has 17 heavy (non-hydrogen) atoms. The molecule has 0 aliphatic carbocycles. The highest BCUT2D eigenvalue weighted by Gasteiger charge is 2.44. The van der Waals surface area contributed by atoms with Crippen molar-refractivity contribution in [1.29, 1.82) is 0 Å². The third-order valence-electron chi connectivity index (χ3n) is 3.43. The lowest BCUT2D eigenvalue weighted by molar-refractivity contribution is -0.116. The molecule has 0 spiro atoms. The van der Waals surface area contributed by atoms with Gasteiger partial charge in [-0.3, -0.25) is 9.69 Å². The maximum Gasteiger partial charge on any atom is 0.243 e. The molecule has 0 saturated carbocycles. The van der Waals surface area contributed by atoms with Crippen molar-refractivity contribution < 1.29 is 9.53 Å². The van der Waals surface area contributed by atoms with Crippen molar-refractivity contribution in [1.82, 2.24) is 10.2 Å². The zero-order chi connectivity index (χ0) is 12.3. The van der Waals surface area contributed by atoms with E-state index in [0.29, 0.717) is 12.6 Å². The second-order valence-corrected chi connectivity index (χ2v) is 4.56. The third-order valence-corrected chi connectivity index (χ3v) is 3.43. The lowest BCUT2D eigenvalue weighted by atomic mass is 10.0. The Labute approximate surface area is 102 Å². The minimum absolute atomic E-state index is 0.104. The minimum atomic E-state index is -0.104. The first-order chi connectivity index (χ1) is 8.26. The number of hydrogen-bond donors (Lipinski definition) is 1. The molecule has 3 unspecified atom stereocenters. The maximum absolute atomic E-state index is 11.2. The highest BCUT2D eigenvalue weighted by molar-refractivity contribution is 5.86. The number of rotatable bonds is 5. The quantitative estimate of drug-likeness (QED) is 0.441. The fraction of sp³-hybridized carbons (Fsp3) is 0.615. The van der Waals surface area contributed by atoms with Gasteiger partial charge in [0.1, 0.15) is 12.3 Å². The minimum Gasteiger partial charge on any atom is -0.351 e. The molecule has 4 heteroatoms. The molecule has 0 aromatic heterocycles. The lowest BCUT2D eigenvalue weighted by Crippen LogP contribution is -2.48. The topological polar surface area (TPSA) is 44.9 Å². The molecule has 2 aliphatic rings. The lowest BCUT2D eigenvalue weighted by Gasteiger charge is -2.34. The van der Waals surface area contributed by atoms with E-state index >= 15 is 0 Å². The van der Waals surface area contributed by atoms with Gasteiger partial charge in [-0.2, -0.15) is 0 Å². The van der Waals surface area contributed by atoms with Gasteiger partial charge in [0.25, 0.3) is 0 Å². The predicted molar refractivity (Wildman–Crippen MR) is 66.4 cm³/mol. The molecule has 2 rings (SSSR count). The van der Waals surface area contributed by atoms with Crippen molar-refractivity contribution >= 4 is 5.91 Å². The van der Waals surface area contributed by atoms with Crippen molar-refractivity contribution in [3.05, 3.63) is 25.3 Å². The Balaban J connectivity index is 1.86. The molecule has 94 valence electrons. The van der Waals surface area contributed by atoms with Gasteiger partial charge in [-0.15, -0.1) is 6.58 Å². The number of carbonyl (C=O) groups is 1. The molecule has 2 fully saturated rings. The zero-order valence-electron chi connectivity index (χ0n) is 10.1. The summed E-state index contributed by atoms with van der Waals surface area (Å²) < 4.78 is 5.54. The van der Waals surface area contributed by atoms with E-state index in [9.17, 15) is 4.79 Å². The summed E-state index contributed by atoms with van der Waals surface area (Å²) in [5, 5.41) is 2.87. The number of likely N-dealkylation sites (tertiary alicyclic amines) is 1. The Bertz CT molecular complexity index is 317. The van der Waals surface area contributed by atoms with E-state index in [2.05, 4.69) is 23.4 Å². The Morgan fingerprint density at radius 1 is 1.47 bits per heavy atom. The standard InChI is InChI=1S/C13H20N2O2/c1-3-11-13(17-11)15-8-6-5-7-10(15)9-14-12(16)4-2/h3-4,10-11,13H,1-2,5-9H2,(H,14,16). The molecule has 0 bridgehead atoms. The number of nitrogens with one attached hydrogen (secondary N) is 1. The normalized spacial score (nSPS) is 32.8. The van der Waals surface area contributed by atoms with Crippen LogP contribution in [0.2, 0.25) is 0 Å². The molecular formula is C13H20N2O2. The van der Waals surface area contributed by atoms with Crippen LogP contribution < -0.4 is 5.32 Å². The van der Waals surface area contributed by atoms with Crippen LogP contribution in [0.1, 0.15) is 19.3 Å². The molecule has 0 radical (unpaired) electrons. The Hall–Kier alpha value is -1.13. The molecule has 0 aromatic rings. The zero-order valence-corrected chi connectivity index (χ0v) is 10.1. The Morgan fingerprint density at radius 3 is 2.94 bits per heavy atom. The van der Waals surface area contributed by atoms with Gasteiger partial charge in [-0.25, -0.2) is 0 Å². The summed E-state index contributed by atoms with van der Waals surface area (Å²) in [5.41, 5.74) is 0. The van der Waals surface area contributed by atoms with Gasteiger partial charge in [0.15, 0.2) is 0 Å². The van der Waals surface area contributed by atoms with E-state index < -0.39 is 0 Å². The number of epoxide rings is 1. The number of carbonyl (C=O) groups excluding carboxylic acids is 1. The SMILES string of the molecule is C=CC(=O)NCC1CCCCN1C1OC1C=C. The summed E-state index contributed by atoms with van der Waals surface area (Å²) in [4.78, 5) is 13.5. The van der Waals surface area contributed by atoms with Crippen molar-refractivity contribution in [2.24, 2.45) is 0 Å². The fourth-order valence-electron chi connectivity index (χ4n) is 2.42. The fourth-order valence-corrected chi connectivity index (χ4v) is 2.42. The average molecular weight is 236 g/mol. The smallest absolute Gasteiger partial charge is 0.243 e. The van der Waals surface area contributed by atoms with Crippen LogP contribution in [-0.4, -0.2) is 42.3 Å². The summed E-state index contributed by atoms with van der Waals surface area (Å²) in [6.45, 7) is 8.92. The second kappa shape index (κ2) is 5.47. The van der Waals surface area contributed by atoms with E-state index in [1.54, 1.807) is 0 Å². The molecule has 1 N–H and O–H groups in total. The van der Waals surface area contributed by atoms with Gasteiger partial charge in [0.05, 0.1) is 0 Å². The van der Waals surface area contributed by atoms with Crippen LogP contribution in [0.4, 0.5) is 0 Å². The number of amides is 1. The summed E-state index contributed by atoms with van der Waals surface area (Å²) >= 11 is 0. The molecule has 2 saturated heterocycles. The largest absolute Gasteiger partial charge is 0.351 e. The maximum atomic E-state index is 11.2. The van der Waals surface area contributed by atoms with Crippen molar-refractivity contribution in [3.63, 3.8) is 0 Å². The van der Waals surface area contributed by atoms with Gasteiger partial charge in [-0.1, -0.05) is 19.1 Å². The van der Waals surface area contributed by atoms with E-state index in [1.165, 1.54) is 18.9 Å². The Morgan fingerprint density at radius 2 is 2.29 bits per heavy atom. The molecule has 3 atom stereocenters. The van der Waals surface area contributed by atoms with Crippen LogP contribution in [0.5, 0.6) is 0 Å². The van der Waals surface area contributed by atoms with E-state index in [-0.39, 0.29) is 18.2 Å². The molecule has 1 amide bonds. The van der Waals surface area contributed by atoms with Crippen LogP contribution in [0.3, 0.4) is 0 Å². The van der Waals surface area contributed by atoms with E-state index in [1.807, 2.05) is 6.08 Å². The Kier molecular flexibility index (Phi) is 3.97. The van der Waals surface area contributed by atoms with Gasteiger partial charge < -0.3 is 10.1 Å². The third kappa shape index (κ3) is 2.96. The van der Waals surface area contributed by atoms with Crippen molar-refractivity contribution in [3.8, 4) is 0 Å². The molecule has 2 aliphatic heterocycles. The van der Waals surface area contributed by atoms with Crippen molar-refractivity contribution in [2.45, 2.75) is 37.6 Å². The summed E-state index contributed by atoms with van der Waals surface area (Å²) in [6.07, 6.45) is 7.04. The van der Waals surface area contributed by atoms with Gasteiger partial charge >= 0.3 is 0 Å². The summed E-state index contributed by atoms with van der Waals surface area (Å²) in [7, 11) is 0. The molecule has 2 heterocycles. The predicted octanol–water partition coefficient (Wildman–Crippen LogP) is 1.05. The van der Waals surface area contributed by atoms with Crippen LogP contribution in [0.25, 0.3) is 0 Å². The first-order valence-electron chi connectivity index (χ1n) is 6.20. The van der Waals surface area contributed by atoms with Gasteiger partial charge in [0, 0.05) is 19.1 Å². The van der Waals surface area contributed by atoms with E-state index in [4.69, 9.17) is 4.74 Å². The number of ether oxygens (including phenoxy) is 1. The van der Waals surface area contributed by atoms with Crippen LogP contribution in [0, 0.1) is 0 Å². The van der Waals surface area contributed by atoms with Crippen LogP contribution in [0.15, 0.2) is 25.3 Å². The van der Waals surface area contributed by atoms with Gasteiger partial charge in [0.2, 0.25) is 5.91 Å². The number of piperidine rings is 1. The number of hydrogen-bond acceptors (Lipinski definition) is 3. The van der Waals surface area contributed by atoms with Crippen LogP contribution in [-0.2, 0) is 9.53 Å². The second-order valence-electron chi connectivity index (χ2n) is 4.56.